The van der Waals surface area contributed by atoms with Gasteiger partial charge in [0.05, 0.1) is 5.69 Å². The lowest BCUT2D eigenvalue weighted by atomic mass is 10.1. The van der Waals surface area contributed by atoms with Crippen LogP contribution in [0.3, 0.4) is 0 Å². The Morgan fingerprint density at radius 2 is 1.92 bits per heavy atom. The average molecular weight is 389 g/mol. The molecule has 0 spiro atoms. The first-order valence-corrected chi connectivity index (χ1v) is 7.90. The van der Waals surface area contributed by atoms with Crippen molar-refractivity contribution in [3.05, 3.63) is 57.5 Å². The number of halogens is 1. The van der Waals surface area contributed by atoms with Gasteiger partial charge in [0.2, 0.25) is 0 Å². The summed E-state index contributed by atoms with van der Waals surface area (Å²) in [6.07, 6.45) is 1.43. The van der Waals surface area contributed by atoms with Crippen molar-refractivity contribution >= 4 is 45.5 Å². The number of rotatable bonds is 2. The van der Waals surface area contributed by atoms with E-state index < -0.39 is 17.8 Å². The summed E-state index contributed by atoms with van der Waals surface area (Å²) >= 11 is 3.30. The molecule has 0 atom stereocenters. The Morgan fingerprint density at radius 3 is 2.54 bits per heavy atom. The maximum absolute atomic E-state index is 12.7. The van der Waals surface area contributed by atoms with E-state index in [4.69, 9.17) is 4.42 Å². The Hall–Kier alpha value is -2.67. The molecule has 0 bridgehead atoms. The summed E-state index contributed by atoms with van der Waals surface area (Å²) in [5, 5.41) is 2.19. The first-order chi connectivity index (χ1) is 11.4. The molecule has 0 aliphatic carbocycles. The van der Waals surface area contributed by atoms with Crippen molar-refractivity contribution in [2.45, 2.75) is 13.8 Å². The predicted octanol–water partition coefficient (Wildman–Crippen LogP) is 3.33. The largest absolute Gasteiger partial charge is 0.466 e. The number of imide groups is 2. The van der Waals surface area contributed by atoms with Crippen molar-refractivity contribution in [3.63, 3.8) is 0 Å². The highest BCUT2D eigenvalue weighted by Gasteiger charge is 2.37. The fourth-order valence-electron chi connectivity index (χ4n) is 2.46. The van der Waals surface area contributed by atoms with Gasteiger partial charge in [0.25, 0.3) is 11.8 Å². The van der Waals surface area contributed by atoms with E-state index in [0.717, 1.165) is 4.90 Å². The summed E-state index contributed by atoms with van der Waals surface area (Å²) in [5.74, 6) is -0.149. The normalized spacial score (nSPS) is 16.7. The molecule has 122 valence electrons. The summed E-state index contributed by atoms with van der Waals surface area (Å²) in [5.41, 5.74) is 0.860. The first kappa shape index (κ1) is 16.2. The van der Waals surface area contributed by atoms with E-state index in [1.165, 1.54) is 6.08 Å². The number of hydrogen-bond donors (Lipinski definition) is 1. The van der Waals surface area contributed by atoms with E-state index in [1.807, 2.05) is 0 Å². The molecule has 3 rings (SSSR count). The number of nitrogens with zero attached hydrogens (tertiary/aromatic N) is 1. The predicted molar refractivity (Wildman–Crippen MR) is 91.3 cm³/mol. The number of furan rings is 1. The number of carbonyl (C=O) groups is 3. The van der Waals surface area contributed by atoms with Crippen molar-refractivity contribution in [1.29, 1.82) is 0 Å². The lowest BCUT2D eigenvalue weighted by Crippen LogP contribution is -2.54. The molecule has 1 aromatic heterocycles. The Balaban J connectivity index is 2.05. The highest BCUT2D eigenvalue weighted by Crippen LogP contribution is 2.25. The third-order valence-electron chi connectivity index (χ3n) is 3.55. The van der Waals surface area contributed by atoms with Gasteiger partial charge in [-0.25, -0.2) is 9.69 Å². The number of hydrogen-bond acceptors (Lipinski definition) is 4. The third kappa shape index (κ3) is 2.90. The van der Waals surface area contributed by atoms with Crippen molar-refractivity contribution in [2.75, 3.05) is 4.90 Å². The molecule has 4 amide bonds. The average Bonchev–Trinajstić information content (AvgIpc) is 2.81. The fraction of sp³-hybridized carbons (Fsp3) is 0.118. The van der Waals surface area contributed by atoms with E-state index in [2.05, 4.69) is 21.2 Å². The summed E-state index contributed by atoms with van der Waals surface area (Å²) in [6.45, 7) is 3.51. The van der Waals surface area contributed by atoms with Crippen LogP contribution in [0.2, 0.25) is 0 Å². The molecule has 2 heterocycles. The molecule has 7 heteroatoms. The smallest absolute Gasteiger partial charge is 0.335 e. The Kier molecular flexibility index (Phi) is 4.11. The van der Waals surface area contributed by atoms with Crippen LogP contribution in [0.1, 0.15) is 17.1 Å². The number of amides is 4. The van der Waals surface area contributed by atoms with Gasteiger partial charge in [0, 0.05) is 10.0 Å². The van der Waals surface area contributed by atoms with Crippen LogP contribution < -0.4 is 10.2 Å². The lowest BCUT2D eigenvalue weighted by Gasteiger charge is -2.26. The molecule has 1 aliphatic rings. The van der Waals surface area contributed by atoms with Crippen molar-refractivity contribution in [1.82, 2.24) is 5.32 Å². The SMILES string of the molecule is Cc1cc(/C=C2\C(=O)NC(=O)N(c3cccc(Br)c3)C2=O)c(C)o1. The number of aryl methyl sites for hydroxylation is 2. The summed E-state index contributed by atoms with van der Waals surface area (Å²) in [7, 11) is 0. The summed E-state index contributed by atoms with van der Waals surface area (Å²) in [4.78, 5) is 37.8. The first-order valence-electron chi connectivity index (χ1n) is 7.11. The summed E-state index contributed by atoms with van der Waals surface area (Å²) in [6, 6.07) is 7.66. The zero-order chi connectivity index (χ0) is 17.4. The number of urea groups is 1. The van der Waals surface area contributed by atoms with E-state index in [9.17, 15) is 14.4 Å². The molecule has 0 radical (unpaired) electrons. The number of carbonyl (C=O) groups excluding carboxylic acids is 3. The van der Waals surface area contributed by atoms with Crippen LogP contribution in [-0.2, 0) is 9.59 Å². The Bertz CT molecular complexity index is 898. The third-order valence-corrected chi connectivity index (χ3v) is 4.04. The zero-order valence-corrected chi connectivity index (χ0v) is 14.5. The second-order valence-electron chi connectivity index (χ2n) is 5.31. The molecule has 0 saturated carbocycles. The van der Waals surface area contributed by atoms with Gasteiger partial charge in [-0.15, -0.1) is 0 Å². The molecule has 1 aromatic carbocycles. The minimum atomic E-state index is -0.777. The van der Waals surface area contributed by atoms with Crippen LogP contribution in [0, 0.1) is 13.8 Å². The zero-order valence-electron chi connectivity index (χ0n) is 12.9. The molecule has 1 fully saturated rings. The van der Waals surface area contributed by atoms with Gasteiger partial charge in [-0.2, -0.15) is 0 Å². The molecule has 6 nitrogen and oxygen atoms in total. The van der Waals surface area contributed by atoms with Crippen molar-refractivity contribution in [2.24, 2.45) is 0 Å². The van der Waals surface area contributed by atoms with E-state index in [-0.39, 0.29) is 5.57 Å². The molecule has 1 aliphatic heterocycles. The van der Waals surface area contributed by atoms with Gasteiger partial charge < -0.3 is 4.42 Å². The van der Waals surface area contributed by atoms with E-state index in [0.29, 0.717) is 27.2 Å². The molecule has 1 saturated heterocycles. The quantitative estimate of drug-likeness (QED) is 0.631. The molecular weight excluding hydrogens is 376 g/mol. The molecule has 24 heavy (non-hydrogen) atoms. The van der Waals surface area contributed by atoms with Crippen LogP contribution in [-0.4, -0.2) is 17.8 Å². The Morgan fingerprint density at radius 1 is 1.17 bits per heavy atom. The number of nitrogens with one attached hydrogen (secondary N) is 1. The highest BCUT2D eigenvalue weighted by atomic mass is 79.9. The fourth-order valence-corrected chi connectivity index (χ4v) is 2.84. The van der Waals surface area contributed by atoms with Gasteiger partial charge >= 0.3 is 6.03 Å². The van der Waals surface area contributed by atoms with Crippen LogP contribution in [0.25, 0.3) is 6.08 Å². The Labute approximate surface area is 146 Å². The van der Waals surface area contributed by atoms with Gasteiger partial charge in [-0.05, 0) is 44.2 Å². The van der Waals surface area contributed by atoms with Gasteiger partial charge in [0.1, 0.15) is 17.1 Å². The van der Waals surface area contributed by atoms with Gasteiger partial charge in [0.15, 0.2) is 0 Å². The van der Waals surface area contributed by atoms with Crippen LogP contribution in [0.4, 0.5) is 10.5 Å². The summed E-state index contributed by atoms with van der Waals surface area (Å²) < 4.78 is 6.11. The number of benzene rings is 1. The topological polar surface area (TPSA) is 79.6 Å². The monoisotopic (exact) mass is 388 g/mol. The lowest BCUT2D eigenvalue weighted by molar-refractivity contribution is -0.122. The highest BCUT2D eigenvalue weighted by molar-refractivity contribution is 9.10. The van der Waals surface area contributed by atoms with Crippen LogP contribution in [0.5, 0.6) is 0 Å². The second-order valence-corrected chi connectivity index (χ2v) is 6.22. The molecule has 2 aromatic rings. The van der Waals surface area contributed by atoms with Crippen LogP contribution in [0.15, 0.2) is 44.8 Å². The minimum absolute atomic E-state index is 0.126. The van der Waals surface area contributed by atoms with Crippen LogP contribution >= 0.6 is 15.9 Å². The van der Waals surface area contributed by atoms with Crippen molar-refractivity contribution < 1.29 is 18.8 Å². The van der Waals surface area contributed by atoms with E-state index >= 15 is 0 Å². The van der Waals surface area contributed by atoms with Crippen molar-refractivity contribution in [3.8, 4) is 0 Å². The minimum Gasteiger partial charge on any atom is -0.466 e. The maximum Gasteiger partial charge on any atom is 0.335 e. The molecular formula is C17H13BrN2O4. The van der Waals surface area contributed by atoms with Gasteiger partial charge in [-0.1, -0.05) is 22.0 Å². The molecule has 1 N–H and O–H groups in total. The molecule has 0 unspecified atom stereocenters. The standard InChI is InChI=1S/C17H13BrN2O4/c1-9-6-11(10(2)24-9)7-14-15(21)19-17(23)20(16(14)22)13-5-3-4-12(18)8-13/h3-8H,1-2H3,(H,19,21,23)/b14-7+. The van der Waals surface area contributed by atoms with E-state index in [1.54, 1.807) is 44.2 Å². The number of barbiturate groups is 1. The van der Waals surface area contributed by atoms with Gasteiger partial charge in [-0.3, -0.25) is 14.9 Å². The second kappa shape index (κ2) is 6.09. The maximum atomic E-state index is 12.7. The number of anilines is 1.